The third-order valence-corrected chi connectivity index (χ3v) is 4.29. The van der Waals surface area contributed by atoms with Crippen LogP contribution < -0.4 is 5.32 Å². The molecule has 0 saturated heterocycles. The largest absolute Gasteiger partial charge is 0.452 e. The maximum absolute atomic E-state index is 12.4. The topological polar surface area (TPSA) is 55.4 Å². The van der Waals surface area contributed by atoms with Gasteiger partial charge in [-0.05, 0) is 37.1 Å². The van der Waals surface area contributed by atoms with Crippen molar-refractivity contribution in [3.63, 3.8) is 0 Å². The Morgan fingerprint density at radius 3 is 2.40 bits per heavy atom. The van der Waals surface area contributed by atoms with Gasteiger partial charge in [0, 0.05) is 5.02 Å². The van der Waals surface area contributed by atoms with Gasteiger partial charge >= 0.3 is 5.97 Å². The molecular formula is C19H19Cl2NO3. The molecule has 4 nitrogen and oxygen atoms in total. The molecule has 6 heteroatoms. The fraction of sp³-hybridized carbons (Fsp3) is 0.263. The standard InChI is InChI=1S/C19H19Cl2NO3/c1-3-15(13-7-5-4-6-8-13)19(24)25-12(2)18(23)22-17-10-9-14(20)11-16(17)21/h4-12,15H,3H2,1-2H3,(H,22,23)/t12-,15+/m0/s1. The first-order chi connectivity index (χ1) is 11.9. The van der Waals surface area contributed by atoms with Gasteiger partial charge < -0.3 is 10.1 Å². The number of halogens is 2. The highest BCUT2D eigenvalue weighted by atomic mass is 35.5. The second kappa shape index (κ2) is 8.88. The maximum Gasteiger partial charge on any atom is 0.314 e. The molecule has 0 aliphatic heterocycles. The van der Waals surface area contributed by atoms with Crippen LogP contribution >= 0.6 is 23.2 Å². The van der Waals surface area contributed by atoms with Gasteiger partial charge in [-0.25, -0.2) is 0 Å². The van der Waals surface area contributed by atoms with Gasteiger partial charge in [0.25, 0.3) is 5.91 Å². The first-order valence-corrected chi connectivity index (χ1v) is 8.69. The number of hydrogen-bond acceptors (Lipinski definition) is 3. The lowest BCUT2D eigenvalue weighted by molar-refractivity contribution is -0.154. The van der Waals surface area contributed by atoms with E-state index in [4.69, 9.17) is 27.9 Å². The molecule has 1 amide bonds. The Labute approximate surface area is 157 Å². The molecule has 0 spiro atoms. The zero-order chi connectivity index (χ0) is 18.4. The molecule has 2 aromatic rings. The van der Waals surface area contributed by atoms with Crippen molar-refractivity contribution in [2.75, 3.05) is 5.32 Å². The summed E-state index contributed by atoms with van der Waals surface area (Å²) in [4.78, 5) is 24.7. The number of nitrogens with one attached hydrogen (secondary N) is 1. The van der Waals surface area contributed by atoms with Crippen molar-refractivity contribution < 1.29 is 14.3 Å². The predicted molar refractivity (Wildman–Crippen MR) is 100 cm³/mol. The minimum Gasteiger partial charge on any atom is -0.452 e. The van der Waals surface area contributed by atoms with Crippen LogP contribution in [0.5, 0.6) is 0 Å². The van der Waals surface area contributed by atoms with Crippen LogP contribution in [0.2, 0.25) is 10.0 Å². The lowest BCUT2D eigenvalue weighted by Gasteiger charge is -2.19. The van der Waals surface area contributed by atoms with Crippen LogP contribution in [0, 0.1) is 0 Å². The number of benzene rings is 2. The highest BCUT2D eigenvalue weighted by Crippen LogP contribution is 2.26. The summed E-state index contributed by atoms with van der Waals surface area (Å²) in [6, 6.07) is 14.1. The number of carbonyl (C=O) groups is 2. The third kappa shape index (κ3) is 5.21. The Hall–Kier alpha value is -2.04. The van der Waals surface area contributed by atoms with Gasteiger partial charge in [-0.2, -0.15) is 0 Å². The van der Waals surface area contributed by atoms with E-state index in [1.54, 1.807) is 12.1 Å². The van der Waals surface area contributed by atoms with Crippen LogP contribution in [0.15, 0.2) is 48.5 Å². The SMILES string of the molecule is CC[C@@H](C(=O)O[C@@H](C)C(=O)Nc1ccc(Cl)cc1Cl)c1ccccc1. The molecule has 0 aliphatic rings. The van der Waals surface area contributed by atoms with Gasteiger partial charge in [0.15, 0.2) is 6.10 Å². The molecule has 1 N–H and O–H groups in total. The highest BCUT2D eigenvalue weighted by Gasteiger charge is 2.25. The van der Waals surface area contributed by atoms with Crippen molar-refractivity contribution in [3.05, 3.63) is 64.1 Å². The summed E-state index contributed by atoms with van der Waals surface area (Å²) in [5.74, 6) is -1.30. The Morgan fingerprint density at radius 2 is 1.80 bits per heavy atom. The van der Waals surface area contributed by atoms with E-state index in [-0.39, 0.29) is 0 Å². The first kappa shape index (κ1) is 19.3. The van der Waals surface area contributed by atoms with Crippen molar-refractivity contribution >= 4 is 40.8 Å². The molecule has 0 radical (unpaired) electrons. The van der Waals surface area contributed by atoms with Crippen molar-refractivity contribution in [1.29, 1.82) is 0 Å². The van der Waals surface area contributed by atoms with Crippen LogP contribution in [0.4, 0.5) is 5.69 Å². The number of ether oxygens (including phenoxy) is 1. The quantitative estimate of drug-likeness (QED) is 0.713. The van der Waals surface area contributed by atoms with Gasteiger partial charge in [0.2, 0.25) is 0 Å². The lowest BCUT2D eigenvalue weighted by Crippen LogP contribution is -2.31. The summed E-state index contributed by atoms with van der Waals surface area (Å²) < 4.78 is 5.34. The monoisotopic (exact) mass is 379 g/mol. The summed E-state index contributed by atoms with van der Waals surface area (Å²) in [5, 5.41) is 3.42. The molecule has 132 valence electrons. The summed E-state index contributed by atoms with van der Waals surface area (Å²) in [5.41, 5.74) is 1.28. The number of esters is 1. The van der Waals surface area contributed by atoms with Crippen LogP contribution in [0.25, 0.3) is 0 Å². The Morgan fingerprint density at radius 1 is 1.12 bits per heavy atom. The summed E-state index contributed by atoms with van der Waals surface area (Å²) in [6.07, 6.45) is -0.364. The molecule has 2 rings (SSSR count). The van der Waals surface area contributed by atoms with E-state index < -0.39 is 23.9 Å². The van der Waals surface area contributed by atoms with E-state index in [2.05, 4.69) is 5.32 Å². The molecule has 0 aromatic heterocycles. The minimum atomic E-state index is -0.947. The summed E-state index contributed by atoms with van der Waals surface area (Å²) in [7, 11) is 0. The number of hydrogen-bond donors (Lipinski definition) is 1. The number of amides is 1. The Balaban J connectivity index is 2.01. The van der Waals surface area contributed by atoms with Crippen LogP contribution in [0.3, 0.4) is 0 Å². The molecule has 0 saturated carbocycles. The van der Waals surface area contributed by atoms with Gasteiger partial charge in [-0.3, -0.25) is 9.59 Å². The number of carbonyl (C=O) groups excluding carboxylic acids is 2. The van der Waals surface area contributed by atoms with Crippen LogP contribution in [-0.2, 0) is 14.3 Å². The first-order valence-electron chi connectivity index (χ1n) is 7.93. The normalized spacial score (nSPS) is 13.0. The van der Waals surface area contributed by atoms with Crippen molar-refractivity contribution in [3.8, 4) is 0 Å². The third-order valence-electron chi connectivity index (χ3n) is 3.75. The maximum atomic E-state index is 12.4. The number of rotatable bonds is 6. The average Bonchev–Trinajstić information content (AvgIpc) is 2.58. The van der Waals surface area contributed by atoms with Crippen molar-refractivity contribution in [2.45, 2.75) is 32.3 Å². The zero-order valence-electron chi connectivity index (χ0n) is 14.0. The summed E-state index contributed by atoms with van der Waals surface area (Å²) >= 11 is 11.9. The fourth-order valence-electron chi connectivity index (χ4n) is 2.36. The minimum absolute atomic E-state index is 0.315. The van der Waals surface area contributed by atoms with Crippen molar-refractivity contribution in [1.82, 2.24) is 0 Å². The average molecular weight is 380 g/mol. The van der Waals surface area contributed by atoms with E-state index in [1.165, 1.54) is 13.0 Å². The highest BCUT2D eigenvalue weighted by molar-refractivity contribution is 6.36. The fourth-order valence-corrected chi connectivity index (χ4v) is 2.81. The smallest absolute Gasteiger partial charge is 0.314 e. The van der Waals surface area contributed by atoms with Gasteiger partial charge in [-0.15, -0.1) is 0 Å². The molecule has 0 bridgehead atoms. The molecule has 0 aliphatic carbocycles. The van der Waals surface area contributed by atoms with E-state index in [9.17, 15) is 9.59 Å². The molecular weight excluding hydrogens is 361 g/mol. The van der Waals surface area contributed by atoms with E-state index in [1.807, 2.05) is 37.3 Å². The molecule has 0 heterocycles. The van der Waals surface area contributed by atoms with E-state index >= 15 is 0 Å². The summed E-state index contributed by atoms with van der Waals surface area (Å²) in [6.45, 7) is 3.42. The van der Waals surface area contributed by atoms with Gasteiger partial charge in [-0.1, -0.05) is 60.5 Å². The van der Waals surface area contributed by atoms with E-state index in [0.29, 0.717) is 22.2 Å². The van der Waals surface area contributed by atoms with Gasteiger partial charge in [0.1, 0.15) is 0 Å². The predicted octanol–water partition coefficient (Wildman–Crippen LogP) is 5.06. The second-order valence-corrected chi connectivity index (χ2v) is 6.41. The number of anilines is 1. The lowest BCUT2D eigenvalue weighted by atomic mass is 9.97. The Bertz CT molecular complexity index is 750. The Kier molecular flexibility index (Phi) is 6.85. The van der Waals surface area contributed by atoms with Gasteiger partial charge in [0.05, 0.1) is 16.6 Å². The molecule has 0 fully saturated rings. The zero-order valence-corrected chi connectivity index (χ0v) is 15.5. The van der Waals surface area contributed by atoms with Crippen molar-refractivity contribution in [2.24, 2.45) is 0 Å². The molecule has 25 heavy (non-hydrogen) atoms. The molecule has 0 unspecified atom stereocenters. The molecule has 2 aromatic carbocycles. The van der Waals surface area contributed by atoms with Crippen LogP contribution in [-0.4, -0.2) is 18.0 Å². The second-order valence-electron chi connectivity index (χ2n) is 5.56. The molecule has 2 atom stereocenters. The van der Waals surface area contributed by atoms with Crippen LogP contribution in [0.1, 0.15) is 31.7 Å². The van der Waals surface area contributed by atoms with E-state index in [0.717, 1.165) is 5.56 Å².